The number of piperidine rings is 1. The van der Waals surface area contributed by atoms with Gasteiger partial charge in [-0.2, -0.15) is 0 Å². The number of carbonyl (C=O) groups excluding carboxylic acids is 2. The minimum absolute atomic E-state index is 0.0583. The molecule has 0 aromatic heterocycles. The van der Waals surface area contributed by atoms with Crippen LogP contribution in [-0.2, 0) is 9.59 Å². The molecule has 0 aromatic rings. The molecule has 3 aliphatic rings. The monoisotopic (exact) mass is 568 g/mol. The molecule has 2 heterocycles. The Labute approximate surface area is 238 Å². The molecule has 2 aliphatic heterocycles. The average molecular weight is 569 g/mol. The van der Waals surface area contributed by atoms with Gasteiger partial charge in [-0.1, -0.05) is 26.3 Å². The quantitative estimate of drug-likeness (QED) is 0.192. The largest absolute Gasteiger partial charge is 0.385 e. The van der Waals surface area contributed by atoms with Gasteiger partial charge in [0.05, 0.1) is 30.7 Å². The molecule has 40 heavy (non-hydrogen) atoms. The standard InChI is InChI=1S/C28H50F2N8O2/c1-6-8-19-13-22(19)34-27(31)25(18(3)33-14-20(29)7-2)28(40)35-23-16-32-15-21(30)26(23)38-11-9-37(10-12-38)24(39)17-36(4)5/h13-14,18-19,21,23,25-27,32-34H,6-12,15-17,31H2,1-5H3,(H,35,40)/b20-14+. The zero-order chi connectivity index (χ0) is 29.4. The molecule has 3 rings (SSSR count). The van der Waals surface area contributed by atoms with Crippen LogP contribution in [0.5, 0.6) is 0 Å². The zero-order valence-electron chi connectivity index (χ0n) is 24.8. The van der Waals surface area contributed by atoms with E-state index in [0.717, 1.165) is 18.5 Å². The molecule has 7 atom stereocenters. The fraction of sp³-hybridized carbons (Fsp3) is 0.786. The number of piperazine rings is 1. The number of hydrogen-bond donors (Lipinski definition) is 5. The lowest BCUT2D eigenvalue weighted by molar-refractivity contribution is -0.134. The zero-order valence-corrected chi connectivity index (χ0v) is 24.8. The van der Waals surface area contributed by atoms with Crippen LogP contribution in [0.25, 0.3) is 0 Å². The fourth-order valence-electron chi connectivity index (χ4n) is 5.69. The van der Waals surface area contributed by atoms with Crippen molar-refractivity contribution in [1.82, 2.24) is 36.0 Å². The van der Waals surface area contributed by atoms with Crippen molar-refractivity contribution in [2.24, 2.45) is 17.6 Å². The van der Waals surface area contributed by atoms with Crippen LogP contribution in [0.1, 0.15) is 40.0 Å². The van der Waals surface area contributed by atoms with Crippen molar-refractivity contribution in [3.8, 4) is 0 Å². The minimum atomic E-state index is -1.18. The van der Waals surface area contributed by atoms with Crippen LogP contribution in [0, 0.1) is 11.8 Å². The number of nitrogens with zero attached hydrogens (tertiary/aromatic N) is 3. The van der Waals surface area contributed by atoms with Crippen LogP contribution < -0.4 is 27.0 Å². The third kappa shape index (κ3) is 8.86. The Morgan fingerprint density at radius 1 is 1.23 bits per heavy atom. The summed E-state index contributed by atoms with van der Waals surface area (Å²) in [6.07, 6.45) is 3.80. The lowest BCUT2D eigenvalue weighted by Gasteiger charge is -2.46. The fourth-order valence-corrected chi connectivity index (χ4v) is 5.69. The smallest absolute Gasteiger partial charge is 0.236 e. The maximum Gasteiger partial charge on any atom is 0.236 e. The van der Waals surface area contributed by atoms with E-state index in [1.807, 2.05) is 23.9 Å². The summed E-state index contributed by atoms with van der Waals surface area (Å²) in [5, 5.41) is 12.5. The number of nitrogens with one attached hydrogen (secondary N) is 4. The van der Waals surface area contributed by atoms with Gasteiger partial charge in [0.1, 0.15) is 12.0 Å². The second kappa shape index (κ2) is 15.1. The molecule has 228 valence electrons. The van der Waals surface area contributed by atoms with Crippen LogP contribution >= 0.6 is 0 Å². The van der Waals surface area contributed by atoms with E-state index in [1.165, 1.54) is 6.20 Å². The molecule has 10 nitrogen and oxygen atoms in total. The van der Waals surface area contributed by atoms with Gasteiger partial charge in [-0.05, 0) is 33.9 Å². The molecule has 2 fully saturated rings. The number of allylic oxidation sites excluding steroid dienone is 3. The first-order valence-corrected chi connectivity index (χ1v) is 14.7. The number of hydrogen-bond acceptors (Lipinski definition) is 8. The van der Waals surface area contributed by atoms with E-state index >= 15 is 4.39 Å². The molecule has 2 amide bonds. The topological polar surface area (TPSA) is 118 Å². The Balaban J connectivity index is 1.69. The highest BCUT2D eigenvalue weighted by molar-refractivity contribution is 5.80. The lowest BCUT2D eigenvalue weighted by Crippen LogP contribution is -2.68. The maximum atomic E-state index is 15.4. The summed E-state index contributed by atoms with van der Waals surface area (Å²) in [5.41, 5.74) is 7.56. The molecular weight excluding hydrogens is 518 g/mol. The Kier molecular flexibility index (Phi) is 12.2. The van der Waals surface area contributed by atoms with Gasteiger partial charge in [-0.25, -0.2) is 8.78 Å². The third-order valence-electron chi connectivity index (χ3n) is 8.03. The number of likely N-dealkylation sites (N-methyl/N-ethyl adjacent to an activating group) is 1. The summed E-state index contributed by atoms with van der Waals surface area (Å²) in [7, 11) is 3.72. The molecule has 0 radical (unpaired) electrons. The van der Waals surface area contributed by atoms with Crippen molar-refractivity contribution >= 4 is 11.8 Å². The summed E-state index contributed by atoms with van der Waals surface area (Å²) >= 11 is 0. The third-order valence-corrected chi connectivity index (χ3v) is 8.03. The van der Waals surface area contributed by atoms with E-state index in [-0.39, 0.29) is 30.6 Å². The summed E-state index contributed by atoms with van der Waals surface area (Å²) in [6, 6.07) is -1.49. The first-order chi connectivity index (χ1) is 19.0. The van der Waals surface area contributed by atoms with Crippen LogP contribution in [0.2, 0.25) is 0 Å². The lowest BCUT2D eigenvalue weighted by atomic mass is 9.92. The van der Waals surface area contributed by atoms with Crippen LogP contribution in [-0.4, -0.2) is 117 Å². The predicted molar refractivity (Wildman–Crippen MR) is 153 cm³/mol. The average Bonchev–Trinajstić information content (AvgIpc) is 3.64. The van der Waals surface area contributed by atoms with Gasteiger partial charge in [0.15, 0.2) is 0 Å². The highest BCUT2D eigenvalue weighted by Crippen LogP contribution is 2.31. The van der Waals surface area contributed by atoms with E-state index in [9.17, 15) is 14.0 Å². The number of alkyl halides is 1. The van der Waals surface area contributed by atoms with Gasteiger partial charge < -0.3 is 36.8 Å². The molecule has 0 spiro atoms. The minimum Gasteiger partial charge on any atom is -0.385 e. The summed E-state index contributed by atoms with van der Waals surface area (Å²) in [6.45, 7) is 8.70. The van der Waals surface area contributed by atoms with E-state index in [0.29, 0.717) is 45.2 Å². The SMILES string of the molecule is CCCC1C=C1NC(N)C(C(=O)NC1CNCC(F)C1N1CCN(C(=O)CN(C)C)CC1)C(C)N/C=C(/F)CC. The van der Waals surface area contributed by atoms with Crippen molar-refractivity contribution in [3.63, 3.8) is 0 Å². The molecule has 2 saturated heterocycles. The molecule has 0 bridgehead atoms. The van der Waals surface area contributed by atoms with Crippen molar-refractivity contribution in [2.45, 2.75) is 70.5 Å². The maximum absolute atomic E-state index is 15.4. The molecule has 0 aromatic carbocycles. The van der Waals surface area contributed by atoms with E-state index < -0.39 is 36.4 Å². The second-order valence-corrected chi connectivity index (χ2v) is 11.5. The van der Waals surface area contributed by atoms with E-state index in [4.69, 9.17) is 5.73 Å². The first-order valence-electron chi connectivity index (χ1n) is 14.7. The van der Waals surface area contributed by atoms with Crippen LogP contribution in [0.4, 0.5) is 8.78 Å². The van der Waals surface area contributed by atoms with E-state index in [2.05, 4.69) is 39.2 Å². The molecular formula is C28H50F2N8O2. The Morgan fingerprint density at radius 3 is 2.55 bits per heavy atom. The van der Waals surface area contributed by atoms with Crippen LogP contribution in [0.3, 0.4) is 0 Å². The van der Waals surface area contributed by atoms with Gasteiger partial charge in [0.2, 0.25) is 11.8 Å². The number of halogens is 2. The predicted octanol–water partition coefficient (Wildman–Crippen LogP) is 0.490. The molecule has 7 unspecified atom stereocenters. The molecule has 12 heteroatoms. The van der Waals surface area contributed by atoms with Crippen LogP contribution in [0.15, 0.2) is 23.8 Å². The Bertz CT molecular complexity index is 909. The van der Waals surface area contributed by atoms with Gasteiger partial charge in [0, 0.05) is 63.1 Å². The molecule has 0 saturated carbocycles. The summed E-state index contributed by atoms with van der Waals surface area (Å²) in [4.78, 5) is 32.0. The first kappa shape index (κ1) is 32.2. The summed E-state index contributed by atoms with van der Waals surface area (Å²) in [5.74, 6) is -0.971. The van der Waals surface area contributed by atoms with Gasteiger partial charge >= 0.3 is 0 Å². The number of carbonyl (C=O) groups is 2. The normalized spacial score (nSPS) is 28.0. The van der Waals surface area contributed by atoms with Gasteiger partial charge in [-0.3, -0.25) is 14.5 Å². The van der Waals surface area contributed by atoms with Crippen molar-refractivity contribution in [2.75, 3.05) is 59.9 Å². The van der Waals surface area contributed by atoms with Crippen molar-refractivity contribution in [3.05, 3.63) is 23.8 Å². The Morgan fingerprint density at radius 2 is 1.93 bits per heavy atom. The highest BCUT2D eigenvalue weighted by atomic mass is 19.1. The van der Waals surface area contributed by atoms with Crippen molar-refractivity contribution < 1.29 is 18.4 Å². The highest BCUT2D eigenvalue weighted by Gasteiger charge is 2.42. The number of nitrogens with two attached hydrogens (primary N) is 1. The summed E-state index contributed by atoms with van der Waals surface area (Å²) < 4.78 is 29.3. The van der Waals surface area contributed by atoms with E-state index in [1.54, 1.807) is 13.8 Å². The molecule has 6 N–H and O–H groups in total. The van der Waals surface area contributed by atoms with Gasteiger partial charge in [0.25, 0.3) is 0 Å². The number of rotatable bonds is 14. The number of amides is 2. The van der Waals surface area contributed by atoms with Crippen molar-refractivity contribution in [1.29, 1.82) is 0 Å². The molecule has 1 aliphatic carbocycles. The second-order valence-electron chi connectivity index (χ2n) is 11.5. The van der Waals surface area contributed by atoms with Gasteiger partial charge in [-0.15, -0.1) is 0 Å². The Hall–Kier alpha value is -2.28.